The van der Waals surface area contributed by atoms with Gasteiger partial charge in [-0.1, -0.05) is 54.1 Å². The molecule has 0 aliphatic carbocycles. The Kier molecular flexibility index (Phi) is 6.94. The number of hydrogen-bond acceptors (Lipinski definition) is 4. The second-order valence-electron chi connectivity index (χ2n) is 7.75. The van der Waals surface area contributed by atoms with Crippen LogP contribution in [0.15, 0.2) is 108 Å². The van der Waals surface area contributed by atoms with Crippen molar-refractivity contribution in [1.29, 1.82) is 0 Å². The van der Waals surface area contributed by atoms with Crippen molar-refractivity contribution in [2.75, 3.05) is 10.0 Å². The Morgan fingerprint density at radius 1 is 0.794 bits per heavy atom. The molecule has 34 heavy (non-hydrogen) atoms. The molecule has 1 amide bonds. The van der Waals surface area contributed by atoms with Gasteiger partial charge in [0.1, 0.15) is 12.4 Å². The van der Waals surface area contributed by atoms with Crippen LogP contribution in [0, 0.1) is 6.92 Å². The lowest BCUT2D eigenvalue weighted by atomic mass is 10.2. The first-order valence-electron chi connectivity index (χ1n) is 10.7. The smallest absolute Gasteiger partial charge is 0.261 e. The molecule has 0 aliphatic rings. The maximum Gasteiger partial charge on any atom is 0.261 e. The van der Waals surface area contributed by atoms with Crippen LogP contribution in [0.3, 0.4) is 0 Å². The van der Waals surface area contributed by atoms with Gasteiger partial charge in [0.2, 0.25) is 0 Å². The fraction of sp³-hybridized carbons (Fsp3) is 0.0741. The Labute approximate surface area is 199 Å². The quantitative estimate of drug-likeness (QED) is 0.348. The van der Waals surface area contributed by atoms with Crippen molar-refractivity contribution < 1.29 is 17.9 Å². The highest BCUT2D eigenvalue weighted by Gasteiger charge is 2.15. The van der Waals surface area contributed by atoms with Crippen molar-refractivity contribution in [2.45, 2.75) is 18.4 Å². The van der Waals surface area contributed by atoms with Gasteiger partial charge in [-0.15, -0.1) is 0 Å². The Morgan fingerprint density at radius 2 is 1.50 bits per heavy atom. The Balaban J connectivity index is 1.38. The molecule has 2 N–H and O–H groups in total. The van der Waals surface area contributed by atoms with Gasteiger partial charge in [-0.05, 0) is 67.1 Å². The van der Waals surface area contributed by atoms with Crippen molar-refractivity contribution >= 4 is 27.3 Å². The van der Waals surface area contributed by atoms with Crippen LogP contribution in [-0.4, -0.2) is 14.3 Å². The van der Waals surface area contributed by atoms with Crippen LogP contribution in [0.25, 0.3) is 0 Å². The molecule has 6 nitrogen and oxygen atoms in total. The van der Waals surface area contributed by atoms with Gasteiger partial charge in [0.25, 0.3) is 15.9 Å². The summed E-state index contributed by atoms with van der Waals surface area (Å²) in [6, 6.07) is 29.8. The highest BCUT2D eigenvalue weighted by molar-refractivity contribution is 7.92. The van der Waals surface area contributed by atoms with E-state index in [-0.39, 0.29) is 10.8 Å². The van der Waals surface area contributed by atoms with E-state index in [1.807, 2.05) is 37.3 Å². The van der Waals surface area contributed by atoms with E-state index in [2.05, 4.69) is 10.0 Å². The number of benzene rings is 4. The monoisotopic (exact) mass is 472 g/mol. The van der Waals surface area contributed by atoms with Crippen molar-refractivity contribution in [3.05, 3.63) is 120 Å². The van der Waals surface area contributed by atoms with Gasteiger partial charge in [-0.25, -0.2) is 8.42 Å². The number of ether oxygens (including phenoxy) is 1. The summed E-state index contributed by atoms with van der Waals surface area (Å²) in [6.07, 6.45) is 0. The molecule has 0 spiro atoms. The van der Waals surface area contributed by atoms with Crippen LogP contribution in [0.5, 0.6) is 5.75 Å². The van der Waals surface area contributed by atoms with Gasteiger partial charge < -0.3 is 10.1 Å². The fourth-order valence-corrected chi connectivity index (χ4v) is 4.28. The van der Waals surface area contributed by atoms with Gasteiger partial charge in [0.15, 0.2) is 0 Å². The lowest BCUT2D eigenvalue weighted by Gasteiger charge is -2.11. The molecule has 4 rings (SSSR count). The van der Waals surface area contributed by atoms with E-state index in [1.54, 1.807) is 66.7 Å². The van der Waals surface area contributed by atoms with E-state index in [4.69, 9.17) is 4.74 Å². The van der Waals surface area contributed by atoms with Crippen molar-refractivity contribution in [3.63, 3.8) is 0 Å². The highest BCUT2D eigenvalue weighted by atomic mass is 32.2. The molecule has 0 heterocycles. The summed E-state index contributed by atoms with van der Waals surface area (Å²) in [5.41, 5.74) is 3.26. The number of carbonyl (C=O) groups excluding carboxylic acids is 1. The molecule has 0 saturated carbocycles. The van der Waals surface area contributed by atoms with E-state index >= 15 is 0 Å². The maximum absolute atomic E-state index is 12.7. The summed E-state index contributed by atoms with van der Waals surface area (Å²) in [5.74, 6) is 0.337. The molecular weight excluding hydrogens is 448 g/mol. The highest BCUT2D eigenvalue weighted by Crippen LogP contribution is 2.20. The van der Waals surface area contributed by atoms with Crippen LogP contribution in [0.2, 0.25) is 0 Å². The molecule has 172 valence electrons. The average molecular weight is 473 g/mol. The molecule has 0 fully saturated rings. The van der Waals surface area contributed by atoms with Crippen LogP contribution in [0.4, 0.5) is 11.4 Å². The zero-order valence-corrected chi connectivity index (χ0v) is 19.4. The topological polar surface area (TPSA) is 84.5 Å². The minimum atomic E-state index is -3.76. The SMILES string of the molecule is Cc1ccc(S(=O)(=O)Nc2cccc(C(=O)Nc3ccc(OCc4ccccc4)cc3)c2)cc1. The van der Waals surface area contributed by atoms with Crippen LogP contribution < -0.4 is 14.8 Å². The summed E-state index contributed by atoms with van der Waals surface area (Å²) in [5, 5.41) is 2.82. The molecule has 0 aromatic heterocycles. The van der Waals surface area contributed by atoms with Crippen molar-refractivity contribution in [2.24, 2.45) is 0 Å². The normalized spacial score (nSPS) is 11.0. The first kappa shape index (κ1) is 23.1. The minimum absolute atomic E-state index is 0.155. The fourth-order valence-electron chi connectivity index (χ4n) is 3.23. The van der Waals surface area contributed by atoms with Crippen LogP contribution >= 0.6 is 0 Å². The maximum atomic E-state index is 12.7. The molecule has 0 bridgehead atoms. The Morgan fingerprint density at radius 3 is 2.21 bits per heavy atom. The number of aryl methyl sites for hydroxylation is 1. The number of nitrogens with one attached hydrogen (secondary N) is 2. The second kappa shape index (κ2) is 10.2. The minimum Gasteiger partial charge on any atom is -0.489 e. The molecular formula is C27H24N2O4S. The predicted molar refractivity (Wildman–Crippen MR) is 134 cm³/mol. The summed E-state index contributed by atoms with van der Waals surface area (Å²) < 4.78 is 33.6. The van der Waals surface area contributed by atoms with Crippen molar-refractivity contribution in [3.8, 4) is 5.75 Å². The van der Waals surface area contributed by atoms with E-state index < -0.39 is 10.0 Å². The Hall–Kier alpha value is -4.10. The standard InChI is InChI=1S/C27H24N2O4S/c1-20-10-16-26(17-11-20)34(31,32)29-24-9-5-8-22(18-24)27(30)28-23-12-14-25(15-13-23)33-19-21-6-3-2-4-7-21/h2-18,29H,19H2,1H3,(H,28,30). The largest absolute Gasteiger partial charge is 0.489 e. The first-order chi connectivity index (χ1) is 16.4. The second-order valence-corrected chi connectivity index (χ2v) is 9.43. The van der Waals surface area contributed by atoms with E-state index in [1.165, 1.54) is 6.07 Å². The molecule has 4 aromatic rings. The molecule has 7 heteroatoms. The van der Waals surface area contributed by atoms with Crippen LogP contribution in [-0.2, 0) is 16.6 Å². The van der Waals surface area contributed by atoms with E-state index in [0.717, 1.165) is 11.1 Å². The molecule has 0 saturated heterocycles. The summed E-state index contributed by atoms with van der Waals surface area (Å²) >= 11 is 0. The number of carbonyl (C=O) groups is 1. The lowest BCUT2D eigenvalue weighted by molar-refractivity contribution is 0.102. The number of amides is 1. The number of anilines is 2. The zero-order chi connectivity index (χ0) is 24.0. The molecule has 0 unspecified atom stereocenters. The Bertz CT molecular complexity index is 1370. The summed E-state index contributed by atoms with van der Waals surface area (Å²) in [6.45, 7) is 2.34. The first-order valence-corrected chi connectivity index (χ1v) is 12.2. The average Bonchev–Trinajstić information content (AvgIpc) is 2.84. The lowest BCUT2D eigenvalue weighted by Crippen LogP contribution is -2.15. The third-order valence-electron chi connectivity index (χ3n) is 5.07. The molecule has 4 aromatic carbocycles. The third kappa shape index (κ3) is 6.02. The van der Waals surface area contributed by atoms with Gasteiger partial charge >= 0.3 is 0 Å². The summed E-state index contributed by atoms with van der Waals surface area (Å²) in [7, 11) is -3.76. The van der Waals surface area contributed by atoms with Gasteiger partial charge in [-0.2, -0.15) is 0 Å². The van der Waals surface area contributed by atoms with Crippen molar-refractivity contribution in [1.82, 2.24) is 0 Å². The molecule has 0 aliphatic heterocycles. The number of hydrogen-bond donors (Lipinski definition) is 2. The van der Waals surface area contributed by atoms with E-state index in [9.17, 15) is 13.2 Å². The van der Waals surface area contributed by atoms with Gasteiger partial charge in [0.05, 0.1) is 4.90 Å². The van der Waals surface area contributed by atoms with Gasteiger partial charge in [-0.3, -0.25) is 9.52 Å². The predicted octanol–water partition coefficient (Wildman–Crippen LogP) is 5.63. The summed E-state index contributed by atoms with van der Waals surface area (Å²) in [4.78, 5) is 12.9. The van der Waals surface area contributed by atoms with E-state index in [0.29, 0.717) is 29.3 Å². The molecule has 0 atom stereocenters. The number of rotatable bonds is 8. The molecule has 0 radical (unpaired) electrons. The zero-order valence-electron chi connectivity index (χ0n) is 18.6. The van der Waals surface area contributed by atoms with Gasteiger partial charge in [0, 0.05) is 16.9 Å². The van der Waals surface area contributed by atoms with Crippen LogP contribution in [0.1, 0.15) is 21.5 Å². The third-order valence-corrected chi connectivity index (χ3v) is 6.47. The number of sulfonamides is 1.